The van der Waals surface area contributed by atoms with Crippen LogP contribution in [0.1, 0.15) is 24.6 Å². The van der Waals surface area contributed by atoms with Gasteiger partial charge >= 0.3 is 0 Å². The lowest BCUT2D eigenvalue weighted by Crippen LogP contribution is -2.25. The number of sulfonamides is 1. The van der Waals surface area contributed by atoms with E-state index in [-0.39, 0.29) is 4.90 Å². The highest BCUT2D eigenvalue weighted by molar-refractivity contribution is 7.89. The third kappa shape index (κ3) is 3.80. The molecule has 2 N–H and O–H groups in total. The Balaban J connectivity index is 1.59. The second kappa shape index (κ2) is 6.01. The molecule has 1 aliphatic carbocycles. The van der Waals surface area contributed by atoms with E-state index in [2.05, 4.69) is 25.2 Å². The number of anilines is 1. The molecule has 118 valence electrons. The van der Waals surface area contributed by atoms with Gasteiger partial charge in [-0.15, -0.1) is 10.2 Å². The van der Waals surface area contributed by atoms with Gasteiger partial charge in [0.25, 0.3) is 0 Å². The van der Waals surface area contributed by atoms with Gasteiger partial charge in [-0.05, 0) is 30.9 Å². The number of hydrogen-bond acceptors (Lipinski definition) is 7. The van der Waals surface area contributed by atoms with E-state index in [1.54, 1.807) is 13.0 Å². The Morgan fingerprint density at radius 1 is 1.32 bits per heavy atom. The topological polar surface area (TPSA) is 110 Å². The molecule has 22 heavy (non-hydrogen) atoms. The van der Waals surface area contributed by atoms with Crippen LogP contribution in [0.15, 0.2) is 27.6 Å². The molecule has 2 aromatic heterocycles. The van der Waals surface area contributed by atoms with Crippen molar-refractivity contribution in [2.24, 2.45) is 5.92 Å². The number of aromatic nitrogens is 3. The normalized spacial score (nSPS) is 15.0. The largest absolute Gasteiger partial charge is 0.424 e. The van der Waals surface area contributed by atoms with E-state index in [1.165, 1.54) is 12.3 Å². The third-order valence-electron chi connectivity index (χ3n) is 3.29. The molecule has 0 amide bonds. The van der Waals surface area contributed by atoms with Gasteiger partial charge in [-0.1, -0.05) is 0 Å². The molecule has 9 heteroatoms. The highest BCUT2D eigenvalue weighted by Crippen LogP contribution is 2.28. The molecule has 0 radical (unpaired) electrons. The Hall–Kier alpha value is -2.00. The van der Waals surface area contributed by atoms with Crippen LogP contribution < -0.4 is 10.0 Å². The molecular weight excluding hydrogens is 306 g/mol. The van der Waals surface area contributed by atoms with Gasteiger partial charge in [0.2, 0.25) is 21.8 Å². The number of nitrogens with one attached hydrogen (secondary N) is 2. The first kappa shape index (κ1) is 14.9. The van der Waals surface area contributed by atoms with E-state index in [1.807, 2.05) is 0 Å². The Labute approximate surface area is 128 Å². The molecular formula is C13H17N5O3S. The lowest BCUT2D eigenvalue weighted by molar-refractivity contribution is 0.474. The minimum atomic E-state index is -3.48. The van der Waals surface area contributed by atoms with Gasteiger partial charge < -0.3 is 9.73 Å². The summed E-state index contributed by atoms with van der Waals surface area (Å²) in [6, 6.07) is 3.12. The number of aryl methyl sites for hydroxylation is 1. The summed E-state index contributed by atoms with van der Waals surface area (Å²) in [6.07, 6.45) is 3.52. The van der Waals surface area contributed by atoms with Gasteiger partial charge in [-0.25, -0.2) is 18.1 Å². The second-order valence-corrected chi connectivity index (χ2v) is 7.01. The fourth-order valence-electron chi connectivity index (χ4n) is 1.85. The first-order valence-electron chi connectivity index (χ1n) is 7.01. The first-order chi connectivity index (χ1) is 10.5. The first-order valence-corrected chi connectivity index (χ1v) is 8.50. The molecule has 0 spiro atoms. The summed E-state index contributed by atoms with van der Waals surface area (Å²) in [5, 5.41) is 10.6. The molecule has 0 saturated heterocycles. The van der Waals surface area contributed by atoms with Gasteiger partial charge in [0.1, 0.15) is 10.7 Å². The van der Waals surface area contributed by atoms with Gasteiger partial charge in [0, 0.05) is 19.7 Å². The van der Waals surface area contributed by atoms with E-state index < -0.39 is 10.0 Å². The van der Waals surface area contributed by atoms with Crippen molar-refractivity contribution in [2.45, 2.75) is 31.2 Å². The molecule has 8 nitrogen and oxygen atoms in total. The quantitative estimate of drug-likeness (QED) is 0.784. The summed E-state index contributed by atoms with van der Waals surface area (Å²) in [4.78, 5) is 4.25. The smallest absolute Gasteiger partial charge is 0.242 e. The molecule has 0 bridgehead atoms. The minimum Gasteiger partial charge on any atom is -0.424 e. The highest BCUT2D eigenvalue weighted by atomic mass is 32.2. The van der Waals surface area contributed by atoms with Crippen LogP contribution in [-0.2, 0) is 16.6 Å². The van der Waals surface area contributed by atoms with E-state index >= 15 is 0 Å². The maximum Gasteiger partial charge on any atom is 0.242 e. The summed E-state index contributed by atoms with van der Waals surface area (Å²) in [6.45, 7) is 2.54. The molecule has 2 heterocycles. The maximum absolute atomic E-state index is 12.1. The lowest BCUT2D eigenvalue weighted by Gasteiger charge is -2.07. The zero-order valence-corrected chi connectivity index (χ0v) is 12.9. The van der Waals surface area contributed by atoms with Crippen molar-refractivity contribution >= 4 is 15.8 Å². The number of rotatable bonds is 7. The van der Waals surface area contributed by atoms with Crippen LogP contribution in [0, 0.1) is 12.8 Å². The predicted molar refractivity (Wildman–Crippen MR) is 78.5 cm³/mol. The minimum absolute atomic E-state index is 0.160. The van der Waals surface area contributed by atoms with Gasteiger partial charge in [0.15, 0.2) is 0 Å². The number of hydrogen-bond donors (Lipinski definition) is 2. The number of nitrogens with zero attached hydrogens (tertiary/aromatic N) is 3. The molecule has 1 aliphatic rings. The standard InChI is InChI=1S/C13H17N5O3S/c1-9-17-18-13(21-9)8-15-12-5-4-11(7-14-12)22(19,20)16-6-10-2-3-10/h4-5,7,10,16H,2-3,6,8H2,1H3,(H,14,15). The Kier molecular flexibility index (Phi) is 4.08. The molecule has 0 aromatic carbocycles. The molecule has 2 aromatic rings. The van der Waals surface area contributed by atoms with E-state index in [0.29, 0.717) is 36.6 Å². The summed E-state index contributed by atoms with van der Waals surface area (Å²) in [5.41, 5.74) is 0. The van der Waals surface area contributed by atoms with Crippen LogP contribution >= 0.6 is 0 Å². The third-order valence-corrected chi connectivity index (χ3v) is 4.70. The monoisotopic (exact) mass is 323 g/mol. The van der Waals surface area contributed by atoms with Crippen LogP contribution in [0.4, 0.5) is 5.82 Å². The van der Waals surface area contributed by atoms with Crippen LogP contribution in [-0.4, -0.2) is 30.1 Å². The zero-order chi connectivity index (χ0) is 15.6. The van der Waals surface area contributed by atoms with Gasteiger partial charge in [-0.3, -0.25) is 0 Å². The van der Waals surface area contributed by atoms with Crippen LogP contribution in [0.3, 0.4) is 0 Å². The highest BCUT2D eigenvalue weighted by Gasteiger charge is 2.24. The summed E-state index contributed by atoms with van der Waals surface area (Å²) >= 11 is 0. The van der Waals surface area contributed by atoms with Gasteiger partial charge in [0.05, 0.1) is 6.54 Å². The van der Waals surface area contributed by atoms with Crippen molar-refractivity contribution < 1.29 is 12.8 Å². The van der Waals surface area contributed by atoms with Crippen LogP contribution in [0.2, 0.25) is 0 Å². The fraction of sp³-hybridized carbons (Fsp3) is 0.462. The van der Waals surface area contributed by atoms with Crippen LogP contribution in [0.25, 0.3) is 0 Å². The van der Waals surface area contributed by atoms with Crippen molar-refractivity contribution in [1.29, 1.82) is 0 Å². The van der Waals surface area contributed by atoms with Gasteiger partial charge in [-0.2, -0.15) is 0 Å². The van der Waals surface area contributed by atoms with E-state index in [0.717, 1.165) is 12.8 Å². The molecule has 1 saturated carbocycles. The van der Waals surface area contributed by atoms with Crippen LogP contribution in [0.5, 0.6) is 0 Å². The summed E-state index contributed by atoms with van der Waals surface area (Å²) in [7, 11) is -3.48. The van der Waals surface area contributed by atoms with Crippen molar-refractivity contribution in [3.8, 4) is 0 Å². The van der Waals surface area contributed by atoms with Crippen molar-refractivity contribution in [1.82, 2.24) is 19.9 Å². The molecule has 0 unspecified atom stereocenters. The molecule has 3 rings (SSSR count). The Morgan fingerprint density at radius 3 is 2.73 bits per heavy atom. The van der Waals surface area contributed by atoms with E-state index in [9.17, 15) is 8.42 Å². The zero-order valence-electron chi connectivity index (χ0n) is 12.1. The number of pyridine rings is 1. The SMILES string of the molecule is Cc1nnc(CNc2ccc(S(=O)(=O)NCC3CC3)cn2)o1. The Morgan fingerprint density at radius 2 is 2.14 bits per heavy atom. The average Bonchev–Trinajstić information content (AvgIpc) is 3.25. The molecule has 0 aliphatic heterocycles. The Bertz CT molecular complexity index is 737. The molecule has 0 atom stereocenters. The molecule has 1 fully saturated rings. The summed E-state index contributed by atoms with van der Waals surface area (Å²) < 4.78 is 31.9. The summed E-state index contributed by atoms with van der Waals surface area (Å²) in [5.74, 6) is 1.97. The second-order valence-electron chi connectivity index (χ2n) is 5.24. The van der Waals surface area contributed by atoms with Crippen molar-refractivity contribution in [3.63, 3.8) is 0 Å². The van der Waals surface area contributed by atoms with Crippen molar-refractivity contribution in [2.75, 3.05) is 11.9 Å². The fourth-order valence-corrected chi connectivity index (χ4v) is 2.91. The van der Waals surface area contributed by atoms with Crippen molar-refractivity contribution in [3.05, 3.63) is 30.1 Å². The predicted octanol–water partition coefficient (Wildman–Crippen LogP) is 1.07. The van der Waals surface area contributed by atoms with E-state index in [4.69, 9.17) is 4.42 Å². The average molecular weight is 323 g/mol. The maximum atomic E-state index is 12.1. The lowest BCUT2D eigenvalue weighted by atomic mass is 10.4.